The molecule has 4 heteroatoms. The zero-order chi connectivity index (χ0) is 0. The molecule has 0 saturated carbocycles. The molecule has 0 saturated heterocycles. The maximum atomic E-state index is 0. The average Bonchev–Trinajstić information content (AvgIpc) is 0. The molecule has 0 amide bonds. The number of hydrogen-bond acceptors (Lipinski definition) is 0. The van der Waals surface area contributed by atoms with Crippen LogP contribution < -0.4 is 0 Å². The van der Waals surface area contributed by atoms with Crippen LogP contribution >= 0.6 is 0 Å². The fourth-order valence-electron chi connectivity index (χ4n) is 0. The van der Waals surface area contributed by atoms with Gasteiger partial charge in [-0.1, -0.05) is 0 Å². The van der Waals surface area contributed by atoms with Crippen LogP contribution in [0, 0.1) is 0 Å². The average molecular weight is 360 g/mol. The number of rotatable bonds is 0. The molecule has 0 atom stereocenters. The predicted molar refractivity (Wildman–Crippen MR) is 7.98 cm³/mol. The van der Waals surface area contributed by atoms with E-state index in [2.05, 4.69) is 0 Å². The fourth-order valence-corrected chi connectivity index (χ4v) is 0. The maximum absolute atomic E-state index is 0. The third kappa shape index (κ3) is 8.85. The van der Waals surface area contributed by atoms with E-state index in [9.17, 15) is 0 Å². The van der Waals surface area contributed by atoms with Crippen molar-refractivity contribution in [1.82, 2.24) is 0 Å². The van der Waals surface area contributed by atoms with Gasteiger partial charge in [0, 0.05) is 63.8 Å². The van der Waals surface area contributed by atoms with E-state index in [1.54, 1.807) is 0 Å². The topological polar surface area (TPSA) is 0 Å². The largest absolute Gasteiger partial charge is 2.00 e. The van der Waals surface area contributed by atoms with Crippen LogP contribution in [0.1, 0.15) is 2.85 Å². The van der Waals surface area contributed by atoms with Crippen molar-refractivity contribution in [2.45, 2.75) is 0 Å². The van der Waals surface area contributed by atoms with Crippen LogP contribution in [0.15, 0.2) is 0 Å². The van der Waals surface area contributed by atoms with Crippen LogP contribution in [0.5, 0.6) is 0 Å². The van der Waals surface area contributed by atoms with Gasteiger partial charge < -0.3 is 2.85 Å². The molecular formula is H2MgNiWZr. The van der Waals surface area contributed by atoms with Crippen LogP contribution in [0.2, 0.25) is 0 Å². The molecule has 0 heterocycles. The van der Waals surface area contributed by atoms with Crippen LogP contribution in [-0.2, 0) is 63.8 Å². The van der Waals surface area contributed by atoms with Gasteiger partial charge >= 0.3 is 23.1 Å². The van der Waals surface area contributed by atoms with Gasteiger partial charge in [0.1, 0.15) is 0 Å². The van der Waals surface area contributed by atoms with E-state index in [4.69, 9.17) is 0 Å². The molecule has 0 aliphatic carbocycles. The van der Waals surface area contributed by atoms with Gasteiger partial charge in [-0.2, -0.15) is 0 Å². The van der Waals surface area contributed by atoms with Crippen molar-refractivity contribution in [2.75, 3.05) is 0 Å². The smallest absolute Gasteiger partial charge is 1.00 e. The second kappa shape index (κ2) is 17.0. The first-order chi connectivity index (χ1) is 0. The first-order valence-electron chi connectivity index (χ1n) is 0. The summed E-state index contributed by atoms with van der Waals surface area (Å²) in [6.07, 6.45) is 0. The Labute approximate surface area is 88.3 Å². The molecule has 0 aromatic carbocycles. The minimum absolute atomic E-state index is 0. The summed E-state index contributed by atoms with van der Waals surface area (Å²) in [5.74, 6) is 0. The molecule has 0 unspecified atom stereocenters. The summed E-state index contributed by atoms with van der Waals surface area (Å²) >= 11 is 0. The Bertz CT molecular complexity index is 13.5. The van der Waals surface area contributed by atoms with E-state index in [-0.39, 0.29) is 89.7 Å². The Morgan fingerprint density at radius 1 is 1.25 bits per heavy atom. The summed E-state index contributed by atoms with van der Waals surface area (Å²) in [6.45, 7) is 0. The molecule has 24 valence electrons. The second-order valence-corrected chi connectivity index (χ2v) is 0. The molecule has 0 aliphatic heterocycles. The Morgan fingerprint density at radius 3 is 1.25 bits per heavy atom. The van der Waals surface area contributed by atoms with Gasteiger partial charge in [0.25, 0.3) is 0 Å². The normalized spacial score (nSPS) is 0. The first kappa shape index (κ1) is 29.0. The monoisotopic (exact) mass is 358 g/mol. The number of hydrogen-bond donors (Lipinski definition) is 0. The molecule has 0 bridgehead atoms. The van der Waals surface area contributed by atoms with Crippen LogP contribution in [0.25, 0.3) is 0 Å². The zero-order valence-electron chi connectivity index (χ0n) is 3.93. The van der Waals surface area contributed by atoms with Gasteiger partial charge in [-0.05, 0) is 0 Å². The second-order valence-electron chi connectivity index (χ2n) is 0. The van der Waals surface area contributed by atoms with E-state index in [1.807, 2.05) is 0 Å². The summed E-state index contributed by atoms with van der Waals surface area (Å²) in [5, 5.41) is 0. The van der Waals surface area contributed by atoms with E-state index < -0.39 is 0 Å². The van der Waals surface area contributed by atoms with Crippen LogP contribution in [-0.4, -0.2) is 23.1 Å². The maximum Gasteiger partial charge on any atom is 2.00 e. The summed E-state index contributed by atoms with van der Waals surface area (Å²) in [7, 11) is 0. The van der Waals surface area contributed by atoms with Gasteiger partial charge in [-0.3, -0.25) is 0 Å². The van der Waals surface area contributed by atoms with E-state index >= 15 is 0 Å². The fraction of sp³-hybridized carbons (Fsp3) is 0. The molecule has 0 fully saturated rings. The van der Waals surface area contributed by atoms with Crippen molar-refractivity contribution in [3.63, 3.8) is 0 Å². The van der Waals surface area contributed by atoms with Crippen molar-refractivity contribution in [2.24, 2.45) is 0 Å². The van der Waals surface area contributed by atoms with E-state index in [0.29, 0.717) is 0 Å². The van der Waals surface area contributed by atoms with Gasteiger partial charge in [0.2, 0.25) is 0 Å². The minimum Gasteiger partial charge on any atom is -1.00 e. The van der Waals surface area contributed by atoms with Gasteiger partial charge in [0.15, 0.2) is 0 Å². The quantitative estimate of drug-likeness (QED) is 0.527. The van der Waals surface area contributed by atoms with Crippen molar-refractivity contribution >= 4 is 23.1 Å². The van der Waals surface area contributed by atoms with Gasteiger partial charge in [0.05, 0.1) is 0 Å². The molecular weight excluding hydrogens is 358 g/mol. The summed E-state index contributed by atoms with van der Waals surface area (Å²) in [5.41, 5.74) is 0. The van der Waals surface area contributed by atoms with Crippen molar-refractivity contribution in [3.05, 3.63) is 0 Å². The Morgan fingerprint density at radius 2 is 1.25 bits per heavy atom. The molecule has 0 radical (unpaired) electrons. The molecule has 4 heavy (non-hydrogen) atoms. The molecule has 0 spiro atoms. The standard InChI is InChI=1S/Mg.Ni.W.Zr.2H/q+2;;;;2*-1. The Kier molecular flexibility index (Phi) is 123. The third-order valence-corrected chi connectivity index (χ3v) is 0. The summed E-state index contributed by atoms with van der Waals surface area (Å²) < 4.78 is 0. The molecule has 0 N–H and O–H groups in total. The summed E-state index contributed by atoms with van der Waals surface area (Å²) in [4.78, 5) is 0. The summed E-state index contributed by atoms with van der Waals surface area (Å²) in [6, 6.07) is 0. The molecule has 0 aromatic rings. The predicted octanol–water partition coefficient (Wildman–Crippen LogP) is -0.163. The van der Waals surface area contributed by atoms with Crippen molar-refractivity contribution < 1.29 is 66.6 Å². The van der Waals surface area contributed by atoms with Crippen molar-refractivity contribution in [1.29, 1.82) is 0 Å². The zero-order valence-corrected chi connectivity index (χ0v) is 9.72. The van der Waals surface area contributed by atoms with E-state index in [1.165, 1.54) is 0 Å². The van der Waals surface area contributed by atoms with Gasteiger partial charge in [-0.15, -0.1) is 0 Å². The van der Waals surface area contributed by atoms with Crippen LogP contribution in [0.3, 0.4) is 0 Å². The Balaban J connectivity index is 0. The SMILES string of the molecule is [H-].[H-].[Mg+2].[Ni].[W].[Zr]. The minimum atomic E-state index is 0. The van der Waals surface area contributed by atoms with Crippen LogP contribution in [0.4, 0.5) is 0 Å². The third-order valence-electron chi connectivity index (χ3n) is 0. The molecule has 0 nitrogen and oxygen atoms in total. The van der Waals surface area contributed by atoms with Crippen molar-refractivity contribution in [3.8, 4) is 0 Å². The van der Waals surface area contributed by atoms with Gasteiger partial charge in [-0.25, -0.2) is 0 Å². The Hall–Kier alpha value is 2.83. The van der Waals surface area contributed by atoms with E-state index in [0.717, 1.165) is 0 Å². The molecule has 0 aliphatic rings. The molecule has 0 aromatic heterocycles. The molecule has 0 rings (SSSR count). The first-order valence-corrected chi connectivity index (χ1v) is 0.